The number of nitrogens with zero attached hydrogens (tertiary/aromatic N) is 3. The highest BCUT2D eigenvalue weighted by Crippen LogP contribution is 1.96. The molecule has 0 aliphatic carbocycles. The number of aromatic nitrogens is 3. The maximum Gasteiger partial charge on any atom is 0.0946 e. The van der Waals surface area contributed by atoms with Gasteiger partial charge in [0, 0.05) is 37.7 Å². The Hall–Kier alpha value is -1.68. The largest absolute Gasteiger partial charge is 0.336 e. The van der Waals surface area contributed by atoms with Crippen LogP contribution in [0.3, 0.4) is 0 Å². The molecule has 4 nitrogen and oxygen atoms in total. The van der Waals surface area contributed by atoms with Gasteiger partial charge in [0.25, 0.3) is 0 Å². The minimum absolute atomic E-state index is 0.399. The Kier molecular flexibility index (Phi) is 3.66. The van der Waals surface area contributed by atoms with E-state index in [1.807, 2.05) is 36.9 Å². The molecule has 0 aliphatic heterocycles. The molecule has 84 valence electrons. The summed E-state index contributed by atoms with van der Waals surface area (Å²) in [6.07, 6.45) is 7.42. The summed E-state index contributed by atoms with van der Waals surface area (Å²) in [7, 11) is 0. The lowest BCUT2D eigenvalue weighted by Gasteiger charge is -2.13. The summed E-state index contributed by atoms with van der Waals surface area (Å²) >= 11 is 0. The second-order valence-corrected chi connectivity index (χ2v) is 3.86. The van der Waals surface area contributed by atoms with Crippen LogP contribution < -0.4 is 5.32 Å². The van der Waals surface area contributed by atoms with Crippen LogP contribution in [0.1, 0.15) is 12.6 Å². The standard InChI is InChI=1S/C12H16N4/c1-11(9-16-7-6-13-10-16)15-8-12-4-2-3-5-14-12/h2-7,10-11,15H,8-9H2,1H3. The molecule has 0 radical (unpaired) electrons. The maximum absolute atomic E-state index is 4.27. The molecule has 1 unspecified atom stereocenters. The minimum atomic E-state index is 0.399. The summed E-state index contributed by atoms with van der Waals surface area (Å²) in [4.78, 5) is 8.28. The first-order chi connectivity index (χ1) is 7.84. The molecule has 0 fully saturated rings. The van der Waals surface area contributed by atoms with E-state index < -0.39 is 0 Å². The summed E-state index contributed by atoms with van der Waals surface area (Å²) in [6, 6.07) is 6.36. The molecule has 2 aromatic rings. The molecule has 2 heterocycles. The predicted octanol–water partition coefficient (Wildman–Crippen LogP) is 1.46. The van der Waals surface area contributed by atoms with Gasteiger partial charge in [0.05, 0.1) is 12.0 Å². The second-order valence-electron chi connectivity index (χ2n) is 3.86. The van der Waals surface area contributed by atoms with Gasteiger partial charge in [-0.15, -0.1) is 0 Å². The van der Waals surface area contributed by atoms with E-state index in [4.69, 9.17) is 0 Å². The molecule has 16 heavy (non-hydrogen) atoms. The molecule has 0 saturated heterocycles. The highest BCUT2D eigenvalue weighted by molar-refractivity contribution is 5.03. The van der Waals surface area contributed by atoms with Gasteiger partial charge in [-0.3, -0.25) is 4.98 Å². The number of nitrogens with one attached hydrogen (secondary N) is 1. The Morgan fingerprint density at radius 3 is 3.00 bits per heavy atom. The van der Waals surface area contributed by atoms with E-state index in [1.165, 1.54) is 0 Å². The number of hydrogen-bond donors (Lipinski definition) is 1. The van der Waals surface area contributed by atoms with Crippen LogP contribution in [0, 0.1) is 0 Å². The molecular weight excluding hydrogens is 200 g/mol. The van der Waals surface area contributed by atoms with Gasteiger partial charge < -0.3 is 9.88 Å². The third-order valence-electron chi connectivity index (χ3n) is 2.40. The lowest BCUT2D eigenvalue weighted by atomic mass is 10.3. The van der Waals surface area contributed by atoms with Crippen molar-refractivity contribution in [3.05, 3.63) is 48.8 Å². The highest BCUT2D eigenvalue weighted by atomic mass is 15.1. The molecule has 0 bridgehead atoms. The second kappa shape index (κ2) is 5.42. The van der Waals surface area contributed by atoms with Crippen molar-refractivity contribution in [1.29, 1.82) is 0 Å². The fourth-order valence-electron chi connectivity index (χ4n) is 1.56. The lowest BCUT2D eigenvalue weighted by molar-refractivity contribution is 0.473. The fourth-order valence-corrected chi connectivity index (χ4v) is 1.56. The van der Waals surface area contributed by atoms with Crippen molar-refractivity contribution in [3.8, 4) is 0 Å². The smallest absolute Gasteiger partial charge is 0.0946 e. The summed E-state index contributed by atoms with van der Waals surface area (Å²) in [5.74, 6) is 0. The van der Waals surface area contributed by atoms with Gasteiger partial charge in [-0.25, -0.2) is 4.98 Å². The van der Waals surface area contributed by atoms with Gasteiger partial charge in [0.1, 0.15) is 0 Å². The summed E-state index contributed by atoms with van der Waals surface area (Å²) in [6.45, 7) is 3.88. The predicted molar refractivity (Wildman–Crippen MR) is 62.8 cm³/mol. The van der Waals surface area contributed by atoms with E-state index in [2.05, 4.69) is 26.8 Å². The third-order valence-corrected chi connectivity index (χ3v) is 2.40. The third kappa shape index (κ3) is 3.17. The first-order valence-corrected chi connectivity index (χ1v) is 5.43. The monoisotopic (exact) mass is 216 g/mol. The van der Waals surface area contributed by atoms with Gasteiger partial charge in [-0.1, -0.05) is 6.07 Å². The van der Waals surface area contributed by atoms with Crippen LogP contribution in [0.15, 0.2) is 43.1 Å². The number of hydrogen-bond acceptors (Lipinski definition) is 3. The van der Waals surface area contributed by atoms with E-state index in [9.17, 15) is 0 Å². The first kappa shape index (κ1) is 10.8. The maximum atomic E-state index is 4.27. The zero-order chi connectivity index (χ0) is 11.2. The fraction of sp³-hybridized carbons (Fsp3) is 0.333. The lowest BCUT2D eigenvalue weighted by Crippen LogP contribution is -2.29. The van der Waals surface area contributed by atoms with Crippen molar-refractivity contribution in [3.63, 3.8) is 0 Å². The Morgan fingerprint density at radius 1 is 1.38 bits per heavy atom. The molecule has 0 aromatic carbocycles. The van der Waals surface area contributed by atoms with Crippen LogP contribution in [0.5, 0.6) is 0 Å². The van der Waals surface area contributed by atoms with Crippen LogP contribution >= 0.6 is 0 Å². The molecule has 2 rings (SSSR count). The van der Waals surface area contributed by atoms with E-state index >= 15 is 0 Å². The Balaban J connectivity index is 1.78. The minimum Gasteiger partial charge on any atom is -0.336 e. The highest BCUT2D eigenvalue weighted by Gasteiger charge is 2.02. The van der Waals surface area contributed by atoms with Gasteiger partial charge in [0.15, 0.2) is 0 Å². The van der Waals surface area contributed by atoms with Gasteiger partial charge in [-0.05, 0) is 19.1 Å². The zero-order valence-electron chi connectivity index (χ0n) is 9.37. The van der Waals surface area contributed by atoms with Crippen LogP contribution in [-0.4, -0.2) is 20.6 Å². The van der Waals surface area contributed by atoms with Gasteiger partial charge in [0.2, 0.25) is 0 Å². The van der Waals surface area contributed by atoms with Crippen molar-refractivity contribution in [2.45, 2.75) is 26.1 Å². The summed E-state index contributed by atoms with van der Waals surface area (Å²) < 4.78 is 2.07. The van der Waals surface area contributed by atoms with Crippen molar-refractivity contribution >= 4 is 0 Å². The Bertz CT molecular complexity index is 396. The number of rotatable bonds is 5. The molecular formula is C12H16N4. The molecule has 1 N–H and O–H groups in total. The van der Waals surface area contributed by atoms with Crippen LogP contribution in [-0.2, 0) is 13.1 Å². The van der Waals surface area contributed by atoms with E-state index in [0.717, 1.165) is 18.8 Å². The molecule has 0 saturated carbocycles. The Morgan fingerprint density at radius 2 is 2.31 bits per heavy atom. The Labute approximate surface area is 95.4 Å². The zero-order valence-corrected chi connectivity index (χ0v) is 9.37. The topological polar surface area (TPSA) is 42.7 Å². The van der Waals surface area contributed by atoms with Crippen molar-refractivity contribution < 1.29 is 0 Å². The molecule has 0 aliphatic rings. The van der Waals surface area contributed by atoms with Crippen molar-refractivity contribution in [1.82, 2.24) is 19.9 Å². The van der Waals surface area contributed by atoms with Crippen molar-refractivity contribution in [2.24, 2.45) is 0 Å². The van der Waals surface area contributed by atoms with E-state index in [0.29, 0.717) is 6.04 Å². The number of imidazole rings is 1. The molecule has 0 spiro atoms. The summed E-state index contributed by atoms with van der Waals surface area (Å²) in [5, 5.41) is 3.43. The normalized spacial score (nSPS) is 12.6. The molecule has 1 atom stereocenters. The average Bonchev–Trinajstić information content (AvgIpc) is 2.81. The van der Waals surface area contributed by atoms with Crippen molar-refractivity contribution in [2.75, 3.05) is 0 Å². The van der Waals surface area contributed by atoms with Crippen LogP contribution in [0.4, 0.5) is 0 Å². The van der Waals surface area contributed by atoms with Crippen LogP contribution in [0.2, 0.25) is 0 Å². The summed E-state index contributed by atoms with van der Waals surface area (Å²) in [5.41, 5.74) is 1.07. The molecule has 0 amide bonds. The molecule has 4 heteroatoms. The average molecular weight is 216 g/mol. The first-order valence-electron chi connectivity index (χ1n) is 5.43. The van der Waals surface area contributed by atoms with Crippen LogP contribution in [0.25, 0.3) is 0 Å². The van der Waals surface area contributed by atoms with E-state index in [-0.39, 0.29) is 0 Å². The van der Waals surface area contributed by atoms with E-state index in [1.54, 1.807) is 6.20 Å². The van der Waals surface area contributed by atoms with Gasteiger partial charge >= 0.3 is 0 Å². The molecule has 2 aromatic heterocycles. The van der Waals surface area contributed by atoms with Gasteiger partial charge in [-0.2, -0.15) is 0 Å². The number of pyridine rings is 1. The SMILES string of the molecule is CC(Cn1ccnc1)NCc1ccccn1. The quantitative estimate of drug-likeness (QED) is 0.822.